The lowest BCUT2D eigenvalue weighted by Gasteiger charge is -2.29. The summed E-state index contributed by atoms with van der Waals surface area (Å²) in [5, 5.41) is 12.9. The van der Waals surface area contributed by atoms with E-state index in [-0.39, 0.29) is 5.91 Å². The lowest BCUT2D eigenvalue weighted by molar-refractivity contribution is -0.119. The first kappa shape index (κ1) is 20.0. The van der Waals surface area contributed by atoms with E-state index >= 15 is 0 Å². The predicted octanol–water partition coefficient (Wildman–Crippen LogP) is 3.83. The van der Waals surface area contributed by atoms with Gasteiger partial charge in [0.05, 0.1) is 5.75 Å². The molecule has 1 aliphatic rings. The molecular weight excluding hydrogens is 384 g/mol. The molecule has 1 saturated carbocycles. The fourth-order valence-corrected chi connectivity index (χ4v) is 4.05. The summed E-state index contributed by atoms with van der Waals surface area (Å²) >= 11 is 7.26. The number of carbonyl (C=O) groups is 1. The van der Waals surface area contributed by atoms with Gasteiger partial charge in [-0.15, -0.1) is 10.2 Å². The second-order valence-electron chi connectivity index (χ2n) is 6.92. The standard InChI is InChI=1S/C19H25ClN4O2S/c1-13-5-3-4-6-16(13)21-18(25)12-27-19-23-22-17(24(19)2)11-26-15-9-7-14(20)8-10-15/h7-10,13,16H,3-6,11-12H2,1-2H3,(H,21,25). The Bertz CT molecular complexity index is 766. The molecule has 2 atom stereocenters. The van der Waals surface area contributed by atoms with Crippen LogP contribution in [-0.4, -0.2) is 32.5 Å². The highest BCUT2D eigenvalue weighted by Crippen LogP contribution is 2.24. The minimum atomic E-state index is 0.0562. The summed E-state index contributed by atoms with van der Waals surface area (Å²) in [5.41, 5.74) is 0. The fourth-order valence-electron chi connectivity index (χ4n) is 3.18. The number of amides is 1. The number of nitrogens with one attached hydrogen (secondary N) is 1. The third kappa shape index (κ3) is 5.62. The fraction of sp³-hybridized carbons (Fsp3) is 0.526. The average molecular weight is 409 g/mol. The van der Waals surface area contributed by atoms with Gasteiger partial charge in [0, 0.05) is 18.1 Å². The van der Waals surface area contributed by atoms with Crippen LogP contribution in [0.1, 0.15) is 38.4 Å². The topological polar surface area (TPSA) is 69.0 Å². The summed E-state index contributed by atoms with van der Waals surface area (Å²) in [6.45, 7) is 2.52. The molecule has 1 heterocycles. The van der Waals surface area contributed by atoms with Gasteiger partial charge in [0.15, 0.2) is 11.0 Å². The zero-order valence-corrected chi connectivity index (χ0v) is 17.2. The zero-order chi connectivity index (χ0) is 19.2. The van der Waals surface area contributed by atoms with Crippen molar-refractivity contribution in [3.63, 3.8) is 0 Å². The number of rotatable bonds is 7. The lowest BCUT2D eigenvalue weighted by Crippen LogP contribution is -2.41. The number of carbonyl (C=O) groups excluding carboxylic acids is 1. The zero-order valence-electron chi connectivity index (χ0n) is 15.7. The molecule has 0 saturated heterocycles. The largest absolute Gasteiger partial charge is 0.486 e. The molecule has 0 spiro atoms. The van der Waals surface area contributed by atoms with Crippen molar-refractivity contribution in [2.75, 3.05) is 5.75 Å². The van der Waals surface area contributed by atoms with Crippen LogP contribution < -0.4 is 10.1 Å². The molecule has 1 amide bonds. The Kier molecular flexibility index (Phi) is 7.01. The molecule has 27 heavy (non-hydrogen) atoms. The Balaban J connectivity index is 1.48. The van der Waals surface area contributed by atoms with Crippen LogP contribution in [0, 0.1) is 5.92 Å². The molecule has 1 aromatic carbocycles. The van der Waals surface area contributed by atoms with Crippen LogP contribution in [-0.2, 0) is 18.4 Å². The van der Waals surface area contributed by atoms with Crippen molar-refractivity contribution in [3.05, 3.63) is 35.1 Å². The quantitative estimate of drug-likeness (QED) is 0.705. The molecule has 0 bridgehead atoms. The smallest absolute Gasteiger partial charge is 0.230 e. The van der Waals surface area contributed by atoms with Gasteiger partial charge in [0.1, 0.15) is 12.4 Å². The van der Waals surface area contributed by atoms with Crippen LogP contribution in [0.15, 0.2) is 29.4 Å². The van der Waals surface area contributed by atoms with Crippen molar-refractivity contribution in [1.29, 1.82) is 0 Å². The van der Waals surface area contributed by atoms with Crippen LogP contribution in [0.5, 0.6) is 5.75 Å². The Labute approximate surface area is 169 Å². The SMILES string of the molecule is CC1CCCCC1NC(=O)CSc1nnc(COc2ccc(Cl)cc2)n1C. The second-order valence-corrected chi connectivity index (χ2v) is 8.30. The second kappa shape index (κ2) is 9.46. The third-order valence-corrected chi connectivity index (χ3v) is 6.17. The van der Waals surface area contributed by atoms with Gasteiger partial charge in [-0.25, -0.2) is 0 Å². The summed E-state index contributed by atoms with van der Waals surface area (Å²) in [4.78, 5) is 12.3. The molecule has 1 fully saturated rings. The molecule has 0 radical (unpaired) electrons. The molecule has 8 heteroatoms. The van der Waals surface area contributed by atoms with Crippen molar-refractivity contribution < 1.29 is 9.53 Å². The molecule has 2 aromatic rings. The highest BCUT2D eigenvalue weighted by Gasteiger charge is 2.23. The van der Waals surface area contributed by atoms with Gasteiger partial charge < -0.3 is 14.6 Å². The average Bonchev–Trinajstić information content (AvgIpc) is 3.01. The number of halogens is 1. The Morgan fingerprint density at radius 3 is 2.78 bits per heavy atom. The Hall–Kier alpha value is -1.73. The molecular formula is C19H25ClN4O2S. The van der Waals surface area contributed by atoms with Gasteiger partial charge in [-0.1, -0.05) is 43.1 Å². The van der Waals surface area contributed by atoms with E-state index in [1.54, 1.807) is 12.1 Å². The van der Waals surface area contributed by atoms with E-state index in [1.807, 2.05) is 23.7 Å². The first-order valence-electron chi connectivity index (χ1n) is 9.21. The van der Waals surface area contributed by atoms with E-state index in [9.17, 15) is 4.79 Å². The van der Waals surface area contributed by atoms with Gasteiger partial charge in [0.25, 0.3) is 0 Å². The van der Waals surface area contributed by atoms with E-state index in [0.717, 1.165) is 12.2 Å². The maximum Gasteiger partial charge on any atom is 0.230 e. The molecule has 1 aromatic heterocycles. The van der Waals surface area contributed by atoms with Crippen LogP contribution in [0.3, 0.4) is 0 Å². The van der Waals surface area contributed by atoms with Crippen molar-refractivity contribution in [2.24, 2.45) is 13.0 Å². The van der Waals surface area contributed by atoms with E-state index < -0.39 is 0 Å². The molecule has 3 rings (SSSR count). The van der Waals surface area contributed by atoms with Crippen molar-refractivity contribution in [2.45, 2.75) is 50.4 Å². The highest BCUT2D eigenvalue weighted by molar-refractivity contribution is 7.99. The van der Waals surface area contributed by atoms with E-state index in [0.29, 0.717) is 40.3 Å². The first-order chi connectivity index (χ1) is 13.0. The maximum absolute atomic E-state index is 12.3. The van der Waals surface area contributed by atoms with Crippen molar-refractivity contribution in [3.8, 4) is 5.75 Å². The minimum Gasteiger partial charge on any atom is -0.486 e. The monoisotopic (exact) mass is 408 g/mol. The number of hydrogen-bond acceptors (Lipinski definition) is 5. The molecule has 6 nitrogen and oxygen atoms in total. The molecule has 1 aliphatic carbocycles. The van der Waals surface area contributed by atoms with Crippen LogP contribution >= 0.6 is 23.4 Å². The summed E-state index contributed by atoms with van der Waals surface area (Å²) in [7, 11) is 1.88. The van der Waals surface area contributed by atoms with Gasteiger partial charge in [-0.3, -0.25) is 4.79 Å². The summed E-state index contributed by atoms with van der Waals surface area (Å²) in [5.74, 6) is 2.37. The number of aromatic nitrogens is 3. The lowest BCUT2D eigenvalue weighted by atomic mass is 9.86. The van der Waals surface area contributed by atoms with Crippen LogP contribution in [0.2, 0.25) is 5.02 Å². The van der Waals surface area contributed by atoms with Gasteiger partial charge in [-0.05, 0) is 43.0 Å². The number of ether oxygens (including phenoxy) is 1. The van der Waals surface area contributed by atoms with Crippen LogP contribution in [0.25, 0.3) is 0 Å². The molecule has 146 valence electrons. The number of nitrogens with zero attached hydrogens (tertiary/aromatic N) is 3. The summed E-state index contributed by atoms with van der Waals surface area (Å²) < 4.78 is 7.57. The van der Waals surface area contributed by atoms with Crippen molar-refractivity contribution in [1.82, 2.24) is 20.1 Å². The van der Waals surface area contributed by atoms with Gasteiger partial charge >= 0.3 is 0 Å². The van der Waals surface area contributed by atoms with Gasteiger partial charge in [0.2, 0.25) is 5.91 Å². The van der Waals surface area contributed by atoms with E-state index in [1.165, 1.54) is 31.0 Å². The normalized spacial score (nSPS) is 19.7. The predicted molar refractivity (Wildman–Crippen MR) is 107 cm³/mol. The maximum atomic E-state index is 12.3. The summed E-state index contributed by atoms with van der Waals surface area (Å²) in [6.07, 6.45) is 4.73. The van der Waals surface area contributed by atoms with E-state index in [4.69, 9.17) is 16.3 Å². The Morgan fingerprint density at radius 2 is 2.04 bits per heavy atom. The minimum absolute atomic E-state index is 0.0562. The van der Waals surface area contributed by atoms with Crippen LogP contribution in [0.4, 0.5) is 0 Å². The van der Waals surface area contributed by atoms with E-state index in [2.05, 4.69) is 22.4 Å². The third-order valence-electron chi connectivity index (χ3n) is 4.90. The molecule has 0 aliphatic heterocycles. The number of benzene rings is 1. The van der Waals surface area contributed by atoms with Crippen molar-refractivity contribution >= 4 is 29.3 Å². The van der Waals surface area contributed by atoms with Gasteiger partial charge in [-0.2, -0.15) is 0 Å². The molecule has 1 N–H and O–H groups in total. The molecule has 2 unspecified atom stereocenters. The summed E-state index contributed by atoms with van der Waals surface area (Å²) in [6, 6.07) is 7.48. The number of thioether (sulfide) groups is 1. The highest BCUT2D eigenvalue weighted by atomic mass is 35.5. The first-order valence-corrected chi connectivity index (χ1v) is 10.6. The number of hydrogen-bond donors (Lipinski definition) is 1. The Morgan fingerprint density at radius 1 is 1.30 bits per heavy atom.